The van der Waals surface area contributed by atoms with Crippen molar-refractivity contribution in [2.45, 2.75) is 45.4 Å². The van der Waals surface area contributed by atoms with Crippen LogP contribution in [0.1, 0.15) is 51.0 Å². The molecule has 1 heterocycles. The summed E-state index contributed by atoms with van der Waals surface area (Å²) in [4.78, 5) is 33.2. The van der Waals surface area contributed by atoms with Gasteiger partial charge in [-0.25, -0.2) is 0 Å². The molecule has 0 spiro atoms. The number of allylic oxidation sites excluding steroid dienone is 2. The van der Waals surface area contributed by atoms with Crippen molar-refractivity contribution in [3.8, 4) is 0 Å². The number of nitrogens with one attached hydrogen (secondary N) is 1. The second kappa shape index (κ2) is 8.20. The van der Waals surface area contributed by atoms with Gasteiger partial charge >= 0.3 is 0 Å². The van der Waals surface area contributed by atoms with Gasteiger partial charge in [0.05, 0.1) is 11.3 Å². The molecule has 2 aromatic rings. The number of hydrogen-bond acceptors (Lipinski definition) is 5. The van der Waals surface area contributed by atoms with Gasteiger partial charge in [0.1, 0.15) is 12.4 Å². The number of pyridine rings is 1. The van der Waals surface area contributed by atoms with E-state index in [-0.39, 0.29) is 41.4 Å². The summed E-state index contributed by atoms with van der Waals surface area (Å²) in [7, 11) is 0. The maximum absolute atomic E-state index is 12.8. The highest BCUT2D eigenvalue weighted by Crippen LogP contribution is 2.34. The lowest BCUT2D eigenvalue weighted by atomic mass is 9.81. The number of carbonyl (C=O) groups is 1. The van der Waals surface area contributed by atoms with E-state index in [0.29, 0.717) is 24.3 Å². The van der Waals surface area contributed by atoms with Crippen LogP contribution in [0.25, 0.3) is 10.9 Å². The van der Waals surface area contributed by atoms with Gasteiger partial charge in [-0.05, 0) is 30.9 Å². The van der Waals surface area contributed by atoms with Gasteiger partial charge in [-0.1, -0.05) is 36.7 Å². The van der Waals surface area contributed by atoms with E-state index in [2.05, 4.69) is 10.1 Å². The molecule has 27 heavy (non-hydrogen) atoms. The first-order valence-electron chi connectivity index (χ1n) is 9.31. The Bertz CT molecular complexity index is 972. The Balaban J connectivity index is 1.97. The Morgan fingerprint density at radius 1 is 1.26 bits per heavy atom. The van der Waals surface area contributed by atoms with E-state index >= 15 is 0 Å². The number of aromatic nitrogens is 1. The Kier molecular flexibility index (Phi) is 5.74. The molecular formula is C21H24N2O4. The molecule has 0 aliphatic heterocycles. The number of hydrogen-bond donors (Lipinski definition) is 2. The Morgan fingerprint density at radius 3 is 2.74 bits per heavy atom. The van der Waals surface area contributed by atoms with Gasteiger partial charge in [0.2, 0.25) is 0 Å². The largest absolute Gasteiger partial charge is 0.511 e. The third-order valence-corrected chi connectivity index (χ3v) is 4.74. The van der Waals surface area contributed by atoms with Crippen molar-refractivity contribution >= 4 is 22.4 Å². The average Bonchev–Trinajstić information content (AvgIpc) is 2.64. The predicted molar refractivity (Wildman–Crippen MR) is 105 cm³/mol. The third-order valence-electron chi connectivity index (χ3n) is 4.74. The molecule has 2 N–H and O–H groups in total. The second-order valence-corrected chi connectivity index (χ2v) is 6.70. The first kappa shape index (κ1) is 18.9. The van der Waals surface area contributed by atoms with Crippen molar-refractivity contribution in [1.82, 2.24) is 4.98 Å². The Labute approximate surface area is 157 Å². The third kappa shape index (κ3) is 3.94. The van der Waals surface area contributed by atoms with Crippen LogP contribution >= 0.6 is 0 Å². The monoisotopic (exact) mass is 368 g/mol. The quantitative estimate of drug-likeness (QED) is 0.596. The lowest BCUT2D eigenvalue weighted by molar-refractivity contribution is -0.116. The van der Waals surface area contributed by atoms with Crippen LogP contribution in [0, 0.1) is 0 Å². The molecule has 0 amide bonds. The van der Waals surface area contributed by atoms with E-state index < -0.39 is 0 Å². The van der Waals surface area contributed by atoms with Crippen LogP contribution in [-0.2, 0) is 9.63 Å². The number of para-hydroxylation sites is 1. The molecule has 1 unspecified atom stereocenters. The van der Waals surface area contributed by atoms with Crippen molar-refractivity contribution in [1.29, 1.82) is 0 Å². The summed E-state index contributed by atoms with van der Waals surface area (Å²) < 4.78 is 0. The molecule has 1 aromatic heterocycles. The summed E-state index contributed by atoms with van der Waals surface area (Å²) >= 11 is 0. The molecule has 0 radical (unpaired) electrons. The number of oxime groups is 1. The zero-order chi connectivity index (χ0) is 19.4. The molecule has 142 valence electrons. The smallest absolute Gasteiger partial charge is 0.251 e. The van der Waals surface area contributed by atoms with Crippen molar-refractivity contribution in [3.63, 3.8) is 0 Å². The molecule has 0 saturated heterocycles. The van der Waals surface area contributed by atoms with E-state index in [1.807, 2.05) is 44.2 Å². The van der Waals surface area contributed by atoms with Crippen molar-refractivity contribution < 1.29 is 14.7 Å². The minimum Gasteiger partial charge on any atom is -0.511 e. The molecule has 1 aliphatic carbocycles. The van der Waals surface area contributed by atoms with Crippen molar-refractivity contribution in [2.75, 3.05) is 6.61 Å². The van der Waals surface area contributed by atoms with Gasteiger partial charge in [-0.15, -0.1) is 0 Å². The highest BCUT2D eigenvalue weighted by Gasteiger charge is 2.32. The van der Waals surface area contributed by atoms with Crippen LogP contribution in [0.5, 0.6) is 0 Å². The number of fused-ring (bicyclic) bond motifs is 1. The van der Waals surface area contributed by atoms with Gasteiger partial charge in [-0.3, -0.25) is 9.59 Å². The van der Waals surface area contributed by atoms with Crippen LogP contribution in [0.15, 0.2) is 51.6 Å². The fourth-order valence-corrected chi connectivity index (χ4v) is 3.50. The Morgan fingerprint density at radius 2 is 2.04 bits per heavy atom. The van der Waals surface area contributed by atoms with E-state index in [1.54, 1.807) is 0 Å². The summed E-state index contributed by atoms with van der Waals surface area (Å²) in [5.74, 6) is -0.580. The zero-order valence-corrected chi connectivity index (χ0v) is 15.6. The highest BCUT2D eigenvalue weighted by atomic mass is 16.6. The minimum atomic E-state index is -0.357. The number of benzene rings is 1. The molecular weight excluding hydrogens is 344 g/mol. The molecule has 3 rings (SSSR count). The summed E-state index contributed by atoms with van der Waals surface area (Å²) in [6, 6.07) is 9.31. The average molecular weight is 368 g/mol. The molecule has 1 aromatic carbocycles. The van der Waals surface area contributed by atoms with Gasteiger partial charge in [-0.2, -0.15) is 0 Å². The first-order chi connectivity index (χ1) is 13.0. The maximum atomic E-state index is 12.8. The number of H-pyrrole nitrogens is 1. The van der Waals surface area contributed by atoms with Crippen LogP contribution in [0.4, 0.5) is 0 Å². The normalized spacial score (nSPS) is 18.2. The number of rotatable bonds is 6. The lowest BCUT2D eigenvalue weighted by Crippen LogP contribution is -2.27. The van der Waals surface area contributed by atoms with Crippen LogP contribution in [0.3, 0.4) is 0 Å². The summed E-state index contributed by atoms with van der Waals surface area (Å²) in [6.45, 7) is 4.18. The predicted octanol–water partition coefficient (Wildman–Crippen LogP) is 3.98. The molecule has 1 aliphatic rings. The summed E-state index contributed by atoms with van der Waals surface area (Å²) in [5, 5.41) is 15.5. The molecule has 1 atom stereocenters. The summed E-state index contributed by atoms with van der Waals surface area (Å²) in [5.41, 5.74) is 1.78. The SMILES string of the molecule is CCCC(=NOCC)C1=C(O)CC(c2cc3ccccc3[nH]c2=O)CC1=O. The number of nitrogens with zero attached hydrogens (tertiary/aromatic N) is 1. The molecule has 6 heteroatoms. The topological polar surface area (TPSA) is 91.8 Å². The zero-order valence-electron chi connectivity index (χ0n) is 15.6. The second-order valence-electron chi connectivity index (χ2n) is 6.70. The van der Waals surface area contributed by atoms with Gasteiger partial charge in [0, 0.05) is 29.8 Å². The van der Waals surface area contributed by atoms with Gasteiger partial charge in [0.25, 0.3) is 5.56 Å². The maximum Gasteiger partial charge on any atom is 0.251 e. The fourth-order valence-electron chi connectivity index (χ4n) is 3.50. The van der Waals surface area contributed by atoms with Crippen LogP contribution < -0.4 is 5.56 Å². The lowest BCUT2D eigenvalue weighted by Gasteiger charge is -2.24. The van der Waals surface area contributed by atoms with E-state index in [1.165, 1.54) is 0 Å². The first-order valence-corrected chi connectivity index (χ1v) is 9.31. The Hall–Kier alpha value is -2.89. The number of aliphatic hydroxyl groups is 1. The molecule has 0 saturated carbocycles. The minimum absolute atomic E-state index is 0.0179. The molecule has 6 nitrogen and oxygen atoms in total. The van der Waals surface area contributed by atoms with E-state index in [4.69, 9.17) is 4.84 Å². The van der Waals surface area contributed by atoms with E-state index in [0.717, 1.165) is 17.3 Å². The number of aliphatic hydroxyl groups excluding tert-OH is 1. The highest BCUT2D eigenvalue weighted by molar-refractivity contribution is 6.23. The molecule has 0 bridgehead atoms. The van der Waals surface area contributed by atoms with Gasteiger partial charge < -0.3 is 14.9 Å². The van der Waals surface area contributed by atoms with Crippen molar-refractivity contribution in [2.24, 2.45) is 5.16 Å². The number of carbonyl (C=O) groups excluding carboxylic acids is 1. The number of aromatic amines is 1. The van der Waals surface area contributed by atoms with E-state index in [9.17, 15) is 14.7 Å². The van der Waals surface area contributed by atoms with Crippen LogP contribution in [-0.4, -0.2) is 28.2 Å². The number of ketones is 1. The van der Waals surface area contributed by atoms with Crippen LogP contribution in [0.2, 0.25) is 0 Å². The standard InChI is InChI=1S/C21H24N2O4/c1-3-7-17(23-27-4-2)20-18(24)11-14(12-19(20)25)15-10-13-8-5-6-9-16(13)22-21(15)26/h5-6,8-10,14,24H,3-4,7,11-12H2,1-2H3,(H,22,26). The molecule has 0 fully saturated rings. The fraction of sp³-hybridized carbons (Fsp3) is 0.381. The van der Waals surface area contributed by atoms with Gasteiger partial charge in [0.15, 0.2) is 5.78 Å². The summed E-state index contributed by atoms with van der Waals surface area (Å²) in [6.07, 6.45) is 1.73. The van der Waals surface area contributed by atoms with Crippen molar-refractivity contribution in [3.05, 3.63) is 57.6 Å². The number of Topliss-reactive ketones (excluding diaryl/α,β-unsaturated/α-hetero) is 1.